The molecule has 1 fully saturated rings. The molecule has 1 heterocycles. The van der Waals surface area contributed by atoms with Gasteiger partial charge in [-0.25, -0.2) is 4.98 Å². The maximum Gasteiger partial charge on any atom is 0.372 e. The first-order chi connectivity index (χ1) is 10.0. The summed E-state index contributed by atoms with van der Waals surface area (Å²) in [6.45, 7) is -0.342. The Balaban J connectivity index is 2.47. The van der Waals surface area contributed by atoms with Crippen LogP contribution in [0.1, 0.15) is 25.7 Å². The maximum atomic E-state index is 11.3. The molecule has 9 heteroatoms. The van der Waals surface area contributed by atoms with E-state index in [1.807, 2.05) is 0 Å². The molecule has 0 bridgehead atoms. The normalized spacial score (nSPS) is 14.9. The van der Waals surface area contributed by atoms with Gasteiger partial charge in [0.1, 0.15) is 12.9 Å². The zero-order valence-corrected chi connectivity index (χ0v) is 11.6. The summed E-state index contributed by atoms with van der Waals surface area (Å²) in [6.07, 6.45) is 4.66. The van der Waals surface area contributed by atoms with Crippen LogP contribution in [-0.4, -0.2) is 45.7 Å². The highest BCUT2D eigenvalue weighted by Crippen LogP contribution is 2.36. The van der Waals surface area contributed by atoms with Gasteiger partial charge in [0.2, 0.25) is 5.82 Å². The average molecular weight is 296 g/mol. The van der Waals surface area contributed by atoms with Gasteiger partial charge < -0.3 is 14.7 Å². The molecule has 0 saturated heterocycles. The molecule has 0 aliphatic heterocycles. The van der Waals surface area contributed by atoms with Crippen LogP contribution in [0.2, 0.25) is 0 Å². The molecule has 0 unspecified atom stereocenters. The Morgan fingerprint density at radius 2 is 2.19 bits per heavy atom. The molecule has 21 heavy (non-hydrogen) atoms. The molecule has 114 valence electrons. The quantitative estimate of drug-likeness (QED) is 0.615. The van der Waals surface area contributed by atoms with Gasteiger partial charge in [0.25, 0.3) is 5.88 Å². The first-order valence-corrected chi connectivity index (χ1v) is 6.56. The topological polar surface area (TPSA) is 119 Å². The van der Waals surface area contributed by atoms with Gasteiger partial charge in [-0.15, -0.1) is 0 Å². The van der Waals surface area contributed by atoms with E-state index in [2.05, 4.69) is 9.97 Å². The van der Waals surface area contributed by atoms with Crippen molar-refractivity contribution in [2.24, 2.45) is 0 Å². The lowest BCUT2D eigenvalue weighted by Crippen LogP contribution is -2.38. The molecule has 9 nitrogen and oxygen atoms in total. The van der Waals surface area contributed by atoms with Gasteiger partial charge in [0.05, 0.1) is 12.0 Å². The summed E-state index contributed by atoms with van der Waals surface area (Å²) in [7, 11) is 1.27. The highest BCUT2D eigenvalue weighted by atomic mass is 16.6. The van der Waals surface area contributed by atoms with Crippen LogP contribution in [0, 0.1) is 10.1 Å². The molecule has 0 radical (unpaired) electrons. The van der Waals surface area contributed by atoms with E-state index < -0.39 is 16.6 Å². The van der Waals surface area contributed by atoms with Gasteiger partial charge in [0.15, 0.2) is 0 Å². The summed E-state index contributed by atoms with van der Waals surface area (Å²) >= 11 is 0. The van der Waals surface area contributed by atoms with Crippen molar-refractivity contribution in [3.05, 3.63) is 16.4 Å². The fraction of sp³-hybridized carbons (Fsp3) is 0.583. The second-order valence-electron chi connectivity index (χ2n) is 4.77. The van der Waals surface area contributed by atoms with Crippen LogP contribution in [0.25, 0.3) is 0 Å². The second-order valence-corrected chi connectivity index (χ2v) is 4.77. The number of hydrogen-bond acceptors (Lipinski definition) is 7. The molecule has 1 saturated carbocycles. The standard InChI is InChI=1S/C12H16N4O5/c1-21-12-10(16(19)20)11(13-7-14-12)15(6-9(17)18)8-4-2-3-5-8/h7-8H,2-6H2,1H3,(H,17,18). The third-order valence-electron chi connectivity index (χ3n) is 3.49. The van der Waals surface area contributed by atoms with E-state index in [0.29, 0.717) is 0 Å². The van der Waals surface area contributed by atoms with Crippen molar-refractivity contribution in [2.45, 2.75) is 31.7 Å². The van der Waals surface area contributed by atoms with Crippen LogP contribution in [0.4, 0.5) is 11.5 Å². The number of carboxylic acid groups (broad SMARTS) is 1. The summed E-state index contributed by atoms with van der Waals surface area (Å²) in [5.74, 6) is -1.23. The minimum atomic E-state index is -1.06. The lowest BCUT2D eigenvalue weighted by atomic mass is 10.2. The summed E-state index contributed by atoms with van der Waals surface area (Å²) in [6, 6.07) is -0.0700. The number of carbonyl (C=O) groups is 1. The van der Waals surface area contributed by atoms with E-state index in [1.54, 1.807) is 0 Å². The third kappa shape index (κ3) is 3.18. The van der Waals surface area contributed by atoms with Crippen molar-refractivity contribution in [3.63, 3.8) is 0 Å². The fourth-order valence-electron chi connectivity index (χ4n) is 2.61. The maximum absolute atomic E-state index is 11.3. The van der Waals surface area contributed by atoms with Crippen molar-refractivity contribution in [1.82, 2.24) is 9.97 Å². The first kappa shape index (κ1) is 14.9. The Kier molecular flexibility index (Phi) is 4.51. The summed E-state index contributed by atoms with van der Waals surface area (Å²) in [4.78, 5) is 30.9. The number of carboxylic acids is 1. The summed E-state index contributed by atoms with van der Waals surface area (Å²) in [5.41, 5.74) is -0.395. The second kappa shape index (κ2) is 6.33. The first-order valence-electron chi connectivity index (χ1n) is 6.56. The van der Waals surface area contributed by atoms with E-state index >= 15 is 0 Å². The molecule has 0 atom stereocenters. The molecule has 1 aliphatic rings. The molecular formula is C12H16N4O5. The van der Waals surface area contributed by atoms with Gasteiger partial charge >= 0.3 is 11.7 Å². The predicted octanol–water partition coefficient (Wildman–Crippen LogP) is 1.23. The van der Waals surface area contributed by atoms with Crippen molar-refractivity contribution in [1.29, 1.82) is 0 Å². The SMILES string of the molecule is COc1ncnc(N(CC(=O)O)C2CCCC2)c1[N+](=O)[O-]. The van der Waals surface area contributed by atoms with Crippen molar-refractivity contribution >= 4 is 17.5 Å². The molecule has 1 aliphatic carbocycles. The van der Waals surface area contributed by atoms with Gasteiger partial charge in [-0.2, -0.15) is 4.98 Å². The summed E-state index contributed by atoms with van der Waals surface area (Å²) < 4.78 is 4.90. The Morgan fingerprint density at radius 3 is 2.71 bits per heavy atom. The lowest BCUT2D eigenvalue weighted by molar-refractivity contribution is -0.385. The Hall–Kier alpha value is -2.45. The van der Waals surface area contributed by atoms with Crippen LogP contribution in [0.3, 0.4) is 0 Å². The van der Waals surface area contributed by atoms with Crippen molar-refractivity contribution < 1.29 is 19.6 Å². The molecule has 0 spiro atoms. The van der Waals surface area contributed by atoms with Crippen molar-refractivity contribution in [2.75, 3.05) is 18.6 Å². The minimum Gasteiger partial charge on any atom is -0.480 e. The smallest absolute Gasteiger partial charge is 0.372 e. The van der Waals surface area contributed by atoms with Crippen LogP contribution < -0.4 is 9.64 Å². The molecule has 0 aromatic carbocycles. The number of hydrogen-bond donors (Lipinski definition) is 1. The molecule has 0 amide bonds. The van der Waals surface area contributed by atoms with Gasteiger partial charge in [-0.05, 0) is 12.8 Å². The highest BCUT2D eigenvalue weighted by molar-refractivity contribution is 5.76. The van der Waals surface area contributed by atoms with Crippen LogP contribution in [-0.2, 0) is 4.79 Å². The van der Waals surface area contributed by atoms with E-state index in [-0.39, 0.29) is 24.3 Å². The zero-order chi connectivity index (χ0) is 15.4. The third-order valence-corrected chi connectivity index (χ3v) is 3.49. The molecular weight excluding hydrogens is 280 g/mol. The predicted molar refractivity (Wildman–Crippen MR) is 72.5 cm³/mol. The molecule has 1 aromatic heterocycles. The van der Waals surface area contributed by atoms with Crippen LogP contribution in [0.15, 0.2) is 6.33 Å². The number of rotatable bonds is 6. The largest absolute Gasteiger partial charge is 0.480 e. The number of anilines is 1. The minimum absolute atomic E-state index is 0.00106. The lowest BCUT2D eigenvalue weighted by Gasteiger charge is -2.27. The van der Waals surface area contributed by atoms with E-state index in [4.69, 9.17) is 9.84 Å². The number of nitro groups is 1. The molecule has 2 rings (SSSR count). The number of aromatic nitrogens is 2. The van der Waals surface area contributed by atoms with Gasteiger partial charge in [-0.1, -0.05) is 12.8 Å². The average Bonchev–Trinajstić information content (AvgIpc) is 2.97. The van der Waals surface area contributed by atoms with Crippen LogP contribution >= 0.6 is 0 Å². The number of ether oxygens (including phenoxy) is 1. The number of nitrogens with zero attached hydrogens (tertiary/aromatic N) is 4. The number of aliphatic carboxylic acids is 1. The Labute approximate surface area is 120 Å². The highest BCUT2D eigenvalue weighted by Gasteiger charge is 2.33. The van der Waals surface area contributed by atoms with Crippen LogP contribution in [0.5, 0.6) is 5.88 Å². The Morgan fingerprint density at radius 1 is 1.52 bits per heavy atom. The fourth-order valence-corrected chi connectivity index (χ4v) is 2.61. The Bertz CT molecular complexity index is 544. The number of methoxy groups -OCH3 is 1. The monoisotopic (exact) mass is 296 g/mol. The molecule has 1 N–H and O–H groups in total. The van der Waals surface area contributed by atoms with E-state index in [1.165, 1.54) is 12.0 Å². The van der Waals surface area contributed by atoms with Gasteiger partial charge in [-0.3, -0.25) is 14.9 Å². The van der Waals surface area contributed by atoms with Gasteiger partial charge in [0, 0.05) is 6.04 Å². The van der Waals surface area contributed by atoms with E-state index in [9.17, 15) is 14.9 Å². The van der Waals surface area contributed by atoms with E-state index in [0.717, 1.165) is 32.0 Å². The molecule has 1 aromatic rings. The zero-order valence-electron chi connectivity index (χ0n) is 11.6. The summed E-state index contributed by atoms with van der Waals surface area (Å²) in [5, 5.41) is 20.4. The van der Waals surface area contributed by atoms with Crippen molar-refractivity contribution in [3.8, 4) is 5.88 Å².